The Kier molecular flexibility index (Phi) is 7.40. The summed E-state index contributed by atoms with van der Waals surface area (Å²) >= 11 is 0. The number of hydrogen-bond donors (Lipinski definition) is 1. The molecule has 5 aromatic rings. The Morgan fingerprint density at radius 3 is 2.51 bits per heavy atom. The van der Waals surface area contributed by atoms with Gasteiger partial charge in [-0.15, -0.1) is 0 Å². The minimum atomic E-state index is -0.184. The van der Waals surface area contributed by atoms with Gasteiger partial charge in [0.1, 0.15) is 5.82 Å². The number of nitrogens with one attached hydrogen (secondary N) is 1. The number of aryl methyl sites for hydroxylation is 1. The zero-order valence-corrected chi connectivity index (χ0v) is 22.9. The van der Waals surface area contributed by atoms with Crippen LogP contribution in [0.3, 0.4) is 0 Å². The van der Waals surface area contributed by atoms with Crippen molar-refractivity contribution in [3.8, 4) is 11.1 Å². The number of fused-ring (bicyclic) bond motifs is 1. The number of carbonyl (C=O) groups excluding carboxylic acids is 1. The molecular formula is C34H30N6O. The summed E-state index contributed by atoms with van der Waals surface area (Å²) in [4.78, 5) is 30.4. The lowest BCUT2D eigenvalue weighted by Crippen LogP contribution is -2.46. The van der Waals surface area contributed by atoms with Gasteiger partial charge in [0, 0.05) is 49.9 Å². The Morgan fingerprint density at radius 2 is 1.76 bits per heavy atom. The van der Waals surface area contributed by atoms with Gasteiger partial charge in [0.05, 0.1) is 24.0 Å². The van der Waals surface area contributed by atoms with E-state index in [4.69, 9.17) is 6.57 Å². The van der Waals surface area contributed by atoms with Crippen LogP contribution in [0.1, 0.15) is 21.5 Å². The van der Waals surface area contributed by atoms with Crippen LogP contribution in [0.2, 0.25) is 0 Å². The van der Waals surface area contributed by atoms with Crippen molar-refractivity contribution < 1.29 is 4.79 Å². The third-order valence-electron chi connectivity index (χ3n) is 7.64. The average Bonchev–Trinajstić information content (AvgIpc) is 3.02. The Balaban J connectivity index is 1.07. The first-order chi connectivity index (χ1) is 20.1. The molecular weight excluding hydrogens is 508 g/mol. The molecule has 0 aliphatic carbocycles. The number of amides is 1. The molecule has 6 rings (SSSR count). The summed E-state index contributed by atoms with van der Waals surface area (Å²) in [6, 6.07) is 27.5. The van der Waals surface area contributed by atoms with Gasteiger partial charge in [-0.05, 0) is 65.6 Å². The highest BCUT2D eigenvalue weighted by Crippen LogP contribution is 2.27. The topological polar surface area (TPSA) is 65.7 Å². The summed E-state index contributed by atoms with van der Waals surface area (Å²) in [5.41, 5.74) is 7.18. The minimum absolute atomic E-state index is 0.184. The maximum absolute atomic E-state index is 13.1. The molecule has 0 spiro atoms. The fourth-order valence-corrected chi connectivity index (χ4v) is 5.32. The molecule has 3 aromatic carbocycles. The summed E-state index contributed by atoms with van der Waals surface area (Å²) < 4.78 is 0. The Bertz CT molecular complexity index is 1730. The average molecular weight is 539 g/mol. The molecule has 1 fully saturated rings. The maximum Gasteiger partial charge on any atom is 0.255 e. The fraction of sp³-hybridized carbons (Fsp3) is 0.176. The number of benzene rings is 3. The molecule has 0 unspecified atom stereocenters. The van der Waals surface area contributed by atoms with Crippen molar-refractivity contribution in [3.05, 3.63) is 125 Å². The van der Waals surface area contributed by atoms with Crippen LogP contribution in [0.4, 0.5) is 17.2 Å². The molecule has 1 aliphatic rings. The lowest BCUT2D eigenvalue weighted by molar-refractivity contribution is 0.102. The first kappa shape index (κ1) is 26.2. The van der Waals surface area contributed by atoms with E-state index in [1.807, 2.05) is 61.7 Å². The van der Waals surface area contributed by atoms with Crippen LogP contribution in [0.25, 0.3) is 26.9 Å². The van der Waals surface area contributed by atoms with Crippen molar-refractivity contribution in [2.45, 2.75) is 13.5 Å². The Morgan fingerprint density at radius 1 is 0.927 bits per heavy atom. The van der Waals surface area contributed by atoms with Gasteiger partial charge in [-0.1, -0.05) is 48.5 Å². The first-order valence-electron chi connectivity index (χ1n) is 13.7. The highest BCUT2D eigenvalue weighted by molar-refractivity contribution is 6.05. The number of anilines is 2. The van der Waals surface area contributed by atoms with Crippen molar-refractivity contribution in [3.63, 3.8) is 0 Å². The standard InChI is InChI=1S/C34H30N6O/c1-24-8-9-26(21-31(24)25-10-12-28(35-2)13-11-25)34(41)38-29-14-15-33(37-22-29)40-19-17-39(18-20-40)23-27-5-3-7-32-30(27)6-4-16-36-32/h3-16,21-22H,17-20,23H2,1H3,(H,38,41). The second-order valence-electron chi connectivity index (χ2n) is 10.3. The van der Waals surface area contributed by atoms with Crippen LogP contribution >= 0.6 is 0 Å². The number of hydrogen-bond acceptors (Lipinski definition) is 5. The highest BCUT2D eigenvalue weighted by Gasteiger charge is 2.19. The van der Waals surface area contributed by atoms with E-state index in [9.17, 15) is 4.79 Å². The van der Waals surface area contributed by atoms with E-state index in [0.29, 0.717) is 16.9 Å². The Hall–Kier alpha value is -5.06. The molecule has 3 heterocycles. The molecule has 0 saturated carbocycles. The number of aromatic nitrogens is 2. The third-order valence-corrected chi connectivity index (χ3v) is 7.64. The molecule has 1 saturated heterocycles. The quantitative estimate of drug-likeness (QED) is 0.243. The number of rotatable bonds is 6. The van der Waals surface area contributed by atoms with E-state index >= 15 is 0 Å². The second kappa shape index (κ2) is 11.6. The van der Waals surface area contributed by atoms with E-state index < -0.39 is 0 Å². The SMILES string of the molecule is [C-]#[N+]c1ccc(-c2cc(C(=O)Nc3ccc(N4CCN(Cc5cccc6ncccc56)CC4)nc3)ccc2C)cc1. The summed E-state index contributed by atoms with van der Waals surface area (Å²) in [7, 11) is 0. The molecule has 2 aromatic heterocycles. The van der Waals surface area contributed by atoms with Crippen molar-refractivity contribution in [2.75, 3.05) is 36.4 Å². The van der Waals surface area contributed by atoms with Crippen molar-refractivity contribution in [1.82, 2.24) is 14.9 Å². The van der Waals surface area contributed by atoms with E-state index in [-0.39, 0.29) is 5.91 Å². The number of carbonyl (C=O) groups is 1. The van der Waals surface area contributed by atoms with E-state index in [1.165, 1.54) is 10.9 Å². The predicted octanol–water partition coefficient (Wildman–Crippen LogP) is 6.73. The maximum atomic E-state index is 13.1. The molecule has 202 valence electrons. The number of nitrogens with zero attached hydrogens (tertiary/aromatic N) is 5. The molecule has 7 nitrogen and oxygen atoms in total. The van der Waals surface area contributed by atoms with E-state index in [0.717, 1.165) is 60.7 Å². The fourth-order valence-electron chi connectivity index (χ4n) is 5.32. The highest BCUT2D eigenvalue weighted by atomic mass is 16.1. The van der Waals surface area contributed by atoms with Gasteiger partial charge >= 0.3 is 0 Å². The molecule has 7 heteroatoms. The molecule has 1 aliphatic heterocycles. The predicted molar refractivity (Wildman–Crippen MR) is 164 cm³/mol. The van der Waals surface area contributed by atoms with Crippen LogP contribution in [0.5, 0.6) is 0 Å². The van der Waals surface area contributed by atoms with Gasteiger partial charge in [-0.3, -0.25) is 14.7 Å². The summed E-state index contributed by atoms with van der Waals surface area (Å²) in [6.07, 6.45) is 3.56. The van der Waals surface area contributed by atoms with Crippen LogP contribution in [-0.4, -0.2) is 47.0 Å². The van der Waals surface area contributed by atoms with Gasteiger partial charge in [-0.25, -0.2) is 9.83 Å². The van der Waals surface area contributed by atoms with Gasteiger partial charge in [0.25, 0.3) is 5.91 Å². The van der Waals surface area contributed by atoms with Crippen LogP contribution < -0.4 is 10.2 Å². The number of pyridine rings is 2. The van der Waals surface area contributed by atoms with Crippen LogP contribution in [-0.2, 0) is 6.54 Å². The van der Waals surface area contributed by atoms with Gasteiger partial charge in [0.15, 0.2) is 5.69 Å². The normalized spacial score (nSPS) is 13.6. The lowest BCUT2D eigenvalue weighted by atomic mass is 9.97. The monoisotopic (exact) mass is 538 g/mol. The van der Waals surface area contributed by atoms with Crippen molar-refractivity contribution in [1.29, 1.82) is 0 Å². The first-order valence-corrected chi connectivity index (χ1v) is 13.7. The van der Waals surface area contributed by atoms with Crippen LogP contribution in [0, 0.1) is 13.5 Å². The van der Waals surface area contributed by atoms with Crippen molar-refractivity contribution in [2.24, 2.45) is 0 Å². The van der Waals surface area contributed by atoms with Crippen LogP contribution in [0.15, 0.2) is 97.3 Å². The number of piperazine rings is 1. The molecule has 41 heavy (non-hydrogen) atoms. The smallest absolute Gasteiger partial charge is 0.255 e. The molecule has 1 N–H and O–H groups in total. The summed E-state index contributed by atoms with van der Waals surface area (Å²) in [5.74, 6) is 0.730. The summed E-state index contributed by atoms with van der Waals surface area (Å²) in [6.45, 7) is 13.8. The molecule has 0 radical (unpaired) electrons. The largest absolute Gasteiger partial charge is 0.354 e. The molecule has 0 atom stereocenters. The minimum Gasteiger partial charge on any atom is -0.354 e. The lowest BCUT2D eigenvalue weighted by Gasteiger charge is -2.35. The van der Waals surface area contributed by atoms with Gasteiger partial charge < -0.3 is 10.2 Å². The second-order valence-corrected chi connectivity index (χ2v) is 10.3. The zero-order chi connectivity index (χ0) is 28.2. The van der Waals surface area contributed by atoms with E-state index in [2.05, 4.69) is 54.2 Å². The van der Waals surface area contributed by atoms with E-state index in [1.54, 1.807) is 18.3 Å². The van der Waals surface area contributed by atoms with Crippen molar-refractivity contribution >= 4 is 34.0 Å². The molecule has 1 amide bonds. The Labute approximate surface area is 239 Å². The molecule has 0 bridgehead atoms. The summed E-state index contributed by atoms with van der Waals surface area (Å²) in [5, 5.41) is 4.20. The zero-order valence-electron chi connectivity index (χ0n) is 22.9. The van der Waals surface area contributed by atoms with Gasteiger partial charge in [-0.2, -0.15) is 0 Å². The van der Waals surface area contributed by atoms with Gasteiger partial charge in [0.2, 0.25) is 0 Å². The third kappa shape index (κ3) is 5.79.